The van der Waals surface area contributed by atoms with Crippen LogP contribution in [0, 0.1) is 11.8 Å². The largest absolute Gasteiger partial charge is 0.349 e. The van der Waals surface area contributed by atoms with Crippen molar-refractivity contribution in [1.29, 1.82) is 0 Å². The number of rotatable bonds is 4. The lowest BCUT2D eigenvalue weighted by Crippen LogP contribution is -2.41. The molecule has 1 saturated heterocycles. The normalized spacial score (nSPS) is 24.2. The van der Waals surface area contributed by atoms with Crippen molar-refractivity contribution in [3.8, 4) is 0 Å². The smallest absolute Gasteiger partial charge is 0.251 e. The van der Waals surface area contributed by atoms with Crippen LogP contribution in [0.15, 0.2) is 30.3 Å². The third kappa shape index (κ3) is 4.47. The Morgan fingerprint density at radius 1 is 1.08 bits per heavy atom. The van der Waals surface area contributed by atoms with Gasteiger partial charge < -0.3 is 10.2 Å². The number of hydrogen-bond acceptors (Lipinski definition) is 2. The second-order valence-corrected chi connectivity index (χ2v) is 7.39. The van der Waals surface area contributed by atoms with Crippen LogP contribution in [0.25, 0.3) is 6.08 Å². The molecule has 128 valence electrons. The van der Waals surface area contributed by atoms with E-state index >= 15 is 0 Å². The summed E-state index contributed by atoms with van der Waals surface area (Å²) in [5.74, 6) is 1.19. The second-order valence-electron chi connectivity index (χ2n) is 7.39. The van der Waals surface area contributed by atoms with Crippen LogP contribution < -0.4 is 5.32 Å². The average Bonchev–Trinajstić information content (AvgIpc) is 3.36. The first-order valence-corrected chi connectivity index (χ1v) is 8.89. The van der Waals surface area contributed by atoms with Gasteiger partial charge in [-0.3, -0.25) is 9.59 Å². The van der Waals surface area contributed by atoms with Crippen LogP contribution in [0.2, 0.25) is 0 Å². The van der Waals surface area contributed by atoms with E-state index < -0.39 is 0 Å². The Morgan fingerprint density at radius 3 is 2.29 bits per heavy atom. The minimum atomic E-state index is -0.0135. The van der Waals surface area contributed by atoms with Crippen LogP contribution in [-0.2, 0) is 4.79 Å². The lowest BCUT2D eigenvalue weighted by atomic mass is 9.92. The molecular weight excluding hydrogens is 300 g/mol. The molecule has 2 unspecified atom stereocenters. The number of likely N-dealkylation sites (tertiary alicyclic amines) is 1. The van der Waals surface area contributed by atoms with Crippen LogP contribution in [0.1, 0.15) is 49.0 Å². The molecular formula is C20H26N2O2. The van der Waals surface area contributed by atoms with E-state index in [1.165, 1.54) is 6.42 Å². The molecule has 0 radical (unpaired) electrons. The van der Waals surface area contributed by atoms with E-state index in [1.807, 2.05) is 35.2 Å². The first kappa shape index (κ1) is 16.7. The summed E-state index contributed by atoms with van der Waals surface area (Å²) >= 11 is 0. The van der Waals surface area contributed by atoms with Gasteiger partial charge in [-0.1, -0.05) is 26.0 Å². The Balaban J connectivity index is 1.57. The van der Waals surface area contributed by atoms with Gasteiger partial charge in [-0.25, -0.2) is 0 Å². The summed E-state index contributed by atoms with van der Waals surface area (Å²) in [4.78, 5) is 26.2. The summed E-state index contributed by atoms with van der Waals surface area (Å²) in [6.07, 6.45) is 6.83. The molecule has 2 aliphatic rings. The van der Waals surface area contributed by atoms with E-state index in [0.717, 1.165) is 31.5 Å². The Labute approximate surface area is 143 Å². The highest BCUT2D eigenvalue weighted by molar-refractivity contribution is 5.95. The molecule has 0 spiro atoms. The number of piperidine rings is 1. The topological polar surface area (TPSA) is 49.4 Å². The molecule has 1 heterocycles. The lowest BCUT2D eigenvalue weighted by molar-refractivity contribution is -0.128. The molecule has 1 aliphatic heterocycles. The molecule has 3 rings (SSSR count). The van der Waals surface area contributed by atoms with Crippen LogP contribution in [0.5, 0.6) is 0 Å². The van der Waals surface area contributed by atoms with E-state index in [9.17, 15) is 9.59 Å². The molecule has 4 nitrogen and oxygen atoms in total. The second kappa shape index (κ2) is 7.20. The third-order valence-electron chi connectivity index (χ3n) is 4.68. The Morgan fingerprint density at radius 2 is 1.71 bits per heavy atom. The lowest BCUT2D eigenvalue weighted by Gasteiger charge is -2.34. The highest BCUT2D eigenvalue weighted by Gasteiger charge is 2.24. The summed E-state index contributed by atoms with van der Waals surface area (Å²) in [6.45, 7) is 6.08. The van der Waals surface area contributed by atoms with Crippen molar-refractivity contribution in [1.82, 2.24) is 10.2 Å². The maximum absolute atomic E-state index is 12.3. The minimum absolute atomic E-state index is 0.0135. The summed E-state index contributed by atoms with van der Waals surface area (Å²) < 4.78 is 0. The van der Waals surface area contributed by atoms with E-state index in [4.69, 9.17) is 0 Å². The number of carbonyl (C=O) groups is 2. The molecule has 2 fully saturated rings. The first-order chi connectivity index (χ1) is 11.5. The van der Waals surface area contributed by atoms with Crippen LogP contribution >= 0.6 is 0 Å². The van der Waals surface area contributed by atoms with E-state index in [1.54, 1.807) is 6.08 Å². The maximum atomic E-state index is 12.3. The van der Waals surface area contributed by atoms with Crippen molar-refractivity contribution in [2.45, 2.75) is 39.2 Å². The molecule has 1 aromatic rings. The molecule has 0 bridgehead atoms. The van der Waals surface area contributed by atoms with Crippen molar-refractivity contribution in [2.24, 2.45) is 11.8 Å². The predicted octanol–water partition coefficient (Wildman–Crippen LogP) is 3.10. The quantitative estimate of drug-likeness (QED) is 0.864. The van der Waals surface area contributed by atoms with E-state index in [0.29, 0.717) is 23.4 Å². The zero-order chi connectivity index (χ0) is 17.1. The molecule has 2 amide bonds. The molecule has 1 aromatic carbocycles. The van der Waals surface area contributed by atoms with Crippen LogP contribution in [0.3, 0.4) is 0 Å². The Hall–Kier alpha value is -2.10. The van der Waals surface area contributed by atoms with Crippen molar-refractivity contribution in [2.75, 3.05) is 13.1 Å². The van der Waals surface area contributed by atoms with Crippen molar-refractivity contribution < 1.29 is 9.59 Å². The fourth-order valence-corrected chi connectivity index (χ4v) is 3.36. The van der Waals surface area contributed by atoms with E-state index in [-0.39, 0.29) is 11.8 Å². The monoisotopic (exact) mass is 326 g/mol. The van der Waals surface area contributed by atoms with Crippen molar-refractivity contribution in [3.05, 3.63) is 41.5 Å². The molecule has 24 heavy (non-hydrogen) atoms. The molecule has 0 aromatic heterocycles. The maximum Gasteiger partial charge on any atom is 0.251 e. The number of carbonyl (C=O) groups excluding carboxylic acids is 2. The van der Waals surface area contributed by atoms with Gasteiger partial charge in [-0.15, -0.1) is 0 Å². The van der Waals surface area contributed by atoms with Crippen LogP contribution in [-0.4, -0.2) is 35.8 Å². The third-order valence-corrected chi connectivity index (χ3v) is 4.68. The van der Waals surface area contributed by atoms with Crippen molar-refractivity contribution in [3.63, 3.8) is 0 Å². The standard InChI is InChI=1S/C20H26N2O2/c1-14-11-15(2)13-22(12-14)19(23)10-5-16-3-6-17(7-4-16)20(24)21-18-8-9-18/h3-7,10,14-15,18H,8-9,11-13H2,1-2H3,(H,21,24)/b10-5+. The molecule has 1 saturated carbocycles. The average molecular weight is 326 g/mol. The van der Waals surface area contributed by atoms with E-state index in [2.05, 4.69) is 19.2 Å². The highest BCUT2D eigenvalue weighted by atomic mass is 16.2. The highest BCUT2D eigenvalue weighted by Crippen LogP contribution is 2.21. The van der Waals surface area contributed by atoms with Gasteiger partial charge >= 0.3 is 0 Å². The van der Waals surface area contributed by atoms with Gasteiger partial charge in [0.25, 0.3) is 5.91 Å². The minimum Gasteiger partial charge on any atom is -0.349 e. The number of nitrogens with one attached hydrogen (secondary N) is 1. The van der Waals surface area contributed by atoms with Gasteiger partial charge in [0.15, 0.2) is 0 Å². The fourth-order valence-electron chi connectivity index (χ4n) is 3.36. The zero-order valence-corrected chi connectivity index (χ0v) is 14.5. The molecule has 4 heteroatoms. The SMILES string of the molecule is CC1CC(C)CN(C(=O)/C=C/c2ccc(C(=O)NC3CC3)cc2)C1. The summed E-state index contributed by atoms with van der Waals surface area (Å²) in [5, 5.41) is 2.97. The van der Waals surface area contributed by atoms with Gasteiger partial charge in [-0.05, 0) is 54.9 Å². The Kier molecular flexibility index (Phi) is 5.03. The fraction of sp³-hybridized carbons (Fsp3) is 0.500. The summed E-state index contributed by atoms with van der Waals surface area (Å²) in [6, 6.07) is 7.75. The molecule has 1 N–H and O–H groups in total. The number of hydrogen-bond donors (Lipinski definition) is 1. The van der Waals surface area contributed by atoms with Crippen molar-refractivity contribution >= 4 is 17.9 Å². The first-order valence-electron chi connectivity index (χ1n) is 8.89. The predicted molar refractivity (Wildman–Crippen MR) is 95.5 cm³/mol. The Bertz CT molecular complexity index is 622. The molecule has 1 aliphatic carbocycles. The number of amides is 2. The van der Waals surface area contributed by atoms with Gasteiger partial charge in [0.05, 0.1) is 0 Å². The summed E-state index contributed by atoms with van der Waals surface area (Å²) in [5.41, 5.74) is 1.61. The van der Waals surface area contributed by atoms with Crippen LogP contribution in [0.4, 0.5) is 0 Å². The number of nitrogens with zero attached hydrogens (tertiary/aromatic N) is 1. The van der Waals surface area contributed by atoms with Gasteiger partial charge in [-0.2, -0.15) is 0 Å². The zero-order valence-electron chi connectivity index (χ0n) is 14.5. The summed E-state index contributed by atoms with van der Waals surface area (Å²) in [7, 11) is 0. The van der Waals surface area contributed by atoms with Gasteiger partial charge in [0.1, 0.15) is 0 Å². The van der Waals surface area contributed by atoms with Gasteiger partial charge in [0.2, 0.25) is 5.91 Å². The molecule has 2 atom stereocenters. The van der Waals surface area contributed by atoms with Gasteiger partial charge in [0, 0.05) is 30.8 Å². The number of benzene rings is 1.